The number of allylic oxidation sites excluding steroid dienone is 2. The van der Waals surface area contributed by atoms with Crippen LogP contribution in [0.15, 0.2) is 121 Å². The fourth-order valence-electron chi connectivity index (χ4n) is 5.20. The predicted octanol–water partition coefficient (Wildman–Crippen LogP) is 8.23. The molecule has 4 aromatic carbocycles. The summed E-state index contributed by atoms with van der Waals surface area (Å²) in [7, 11) is 0. The highest BCUT2D eigenvalue weighted by atomic mass is 79.9. The van der Waals surface area contributed by atoms with Crippen LogP contribution < -0.4 is 4.90 Å². The van der Waals surface area contributed by atoms with Crippen LogP contribution in [0.2, 0.25) is 0 Å². The van der Waals surface area contributed by atoms with Crippen molar-refractivity contribution in [2.24, 2.45) is 0 Å². The van der Waals surface area contributed by atoms with E-state index in [0.29, 0.717) is 6.42 Å². The summed E-state index contributed by atoms with van der Waals surface area (Å²) in [5, 5.41) is 0. The van der Waals surface area contributed by atoms with Gasteiger partial charge in [-0.25, -0.2) is 0 Å². The number of carbonyl (C=O) groups excluding carboxylic acids is 1. The molecule has 0 saturated carbocycles. The lowest BCUT2D eigenvalue weighted by Crippen LogP contribution is -2.41. The number of ketones is 1. The van der Waals surface area contributed by atoms with E-state index in [9.17, 15) is 4.79 Å². The zero-order chi connectivity index (χ0) is 23.8. The van der Waals surface area contributed by atoms with Crippen molar-refractivity contribution in [2.75, 3.05) is 4.90 Å². The maximum atomic E-state index is 13.3. The van der Waals surface area contributed by atoms with Gasteiger partial charge in [-0.2, -0.15) is 0 Å². The maximum Gasteiger partial charge on any atom is 0.169 e. The Balaban J connectivity index is 1.60. The third-order valence-corrected chi connectivity index (χ3v) is 7.66. The quantitative estimate of drug-likeness (QED) is 0.201. The van der Waals surface area contributed by atoms with Gasteiger partial charge in [-0.05, 0) is 52.1 Å². The molecule has 0 aromatic heterocycles. The van der Waals surface area contributed by atoms with Crippen molar-refractivity contribution in [1.29, 1.82) is 0 Å². The second kappa shape index (κ2) is 8.83. The number of para-hydroxylation sites is 2. The second-order valence-corrected chi connectivity index (χ2v) is 10.5. The summed E-state index contributed by atoms with van der Waals surface area (Å²) in [6.07, 6.45) is 5.73. The zero-order valence-electron chi connectivity index (χ0n) is 19.2. The maximum absolute atomic E-state index is 13.3. The second-order valence-electron chi connectivity index (χ2n) is 9.08. The standard InChI is InChI=1S/C32H24BrNO/c33-32(34-29-17-9-7-15-25(29)20-31(35)28-16-8-10-18-30(28)34)21-26(23-11-3-1-4-12-23)19-27(22-32)24-13-5-2-6-14-24/h1-19,21H,20,22H2. The molecule has 0 fully saturated rings. The van der Waals surface area contributed by atoms with Gasteiger partial charge in [0.05, 0.1) is 5.69 Å². The zero-order valence-corrected chi connectivity index (χ0v) is 20.8. The summed E-state index contributed by atoms with van der Waals surface area (Å²) < 4.78 is -0.574. The number of hydrogen-bond acceptors (Lipinski definition) is 2. The number of nitrogens with zero attached hydrogens (tertiary/aromatic N) is 1. The number of alkyl halides is 1. The van der Waals surface area contributed by atoms with Gasteiger partial charge >= 0.3 is 0 Å². The van der Waals surface area contributed by atoms with Crippen LogP contribution in [0.5, 0.6) is 0 Å². The molecular formula is C32H24BrNO. The molecule has 0 amide bonds. The summed E-state index contributed by atoms with van der Waals surface area (Å²) in [5.74, 6) is 0.147. The van der Waals surface area contributed by atoms with Crippen molar-refractivity contribution in [3.05, 3.63) is 144 Å². The molecule has 2 nitrogen and oxygen atoms in total. The molecule has 1 unspecified atom stereocenters. The third-order valence-electron chi connectivity index (χ3n) is 6.80. The lowest BCUT2D eigenvalue weighted by atomic mass is 9.86. The van der Waals surface area contributed by atoms with Gasteiger partial charge in [0.25, 0.3) is 0 Å². The highest BCUT2D eigenvalue weighted by molar-refractivity contribution is 9.10. The Bertz CT molecular complexity index is 1470. The summed E-state index contributed by atoms with van der Waals surface area (Å²) in [5.41, 5.74) is 8.54. The number of anilines is 2. The van der Waals surface area contributed by atoms with Crippen molar-refractivity contribution in [3.63, 3.8) is 0 Å². The average Bonchev–Trinajstić information content (AvgIpc) is 3.03. The summed E-state index contributed by atoms with van der Waals surface area (Å²) in [4.78, 5) is 15.6. The molecule has 1 aliphatic heterocycles. The van der Waals surface area contributed by atoms with E-state index >= 15 is 0 Å². The number of halogens is 1. The molecule has 6 rings (SSSR count). The molecule has 1 atom stereocenters. The van der Waals surface area contributed by atoms with Gasteiger partial charge in [0.15, 0.2) is 5.78 Å². The van der Waals surface area contributed by atoms with Crippen molar-refractivity contribution < 1.29 is 4.79 Å². The van der Waals surface area contributed by atoms with Crippen LogP contribution in [-0.2, 0) is 6.42 Å². The van der Waals surface area contributed by atoms with Crippen LogP contribution >= 0.6 is 15.9 Å². The number of Topliss-reactive ketones (excluding diaryl/α,β-unsaturated/α-hetero) is 1. The summed E-state index contributed by atoms with van der Waals surface area (Å²) >= 11 is 4.22. The molecule has 170 valence electrons. The van der Waals surface area contributed by atoms with Crippen molar-refractivity contribution in [3.8, 4) is 0 Å². The molecule has 1 aliphatic carbocycles. The number of benzene rings is 4. The smallest absolute Gasteiger partial charge is 0.169 e. The number of fused-ring (bicyclic) bond motifs is 2. The molecule has 0 bridgehead atoms. The summed E-state index contributed by atoms with van der Waals surface area (Å²) in [6, 6.07) is 37.3. The van der Waals surface area contributed by atoms with Crippen molar-refractivity contribution in [2.45, 2.75) is 17.3 Å². The predicted molar refractivity (Wildman–Crippen MR) is 148 cm³/mol. The fourth-order valence-corrected chi connectivity index (χ4v) is 6.13. The Morgan fingerprint density at radius 1 is 0.686 bits per heavy atom. The molecule has 4 aromatic rings. The first kappa shape index (κ1) is 21.8. The van der Waals surface area contributed by atoms with Gasteiger partial charge in [0.2, 0.25) is 0 Å². The Hall–Kier alpha value is -3.69. The molecule has 2 aliphatic rings. The van der Waals surface area contributed by atoms with Crippen LogP contribution in [0.1, 0.15) is 33.5 Å². The van der Waals surface area contributed by atoms with Gasteiger partial charge in [-0.15, -0.1) is 0 Å². The van der Waals surface area contributed by atoms with E-state index < -0.39 is 4.45 Å². The van der Waals surface area contributed by atoms with Gasteiger partial charge in [0, 0.05) is 24.1 Å². The van der Waals surface area contributed by atoms with E-state index in [1.165, 1.54) is 11.1 Å². The van der Waals surface area contributed by atoms with Crippen molar-refractivity contribution in [1.82, 2.24) is 0 Å². The van der Waals surface area contributed by atoms with Gasteiger partial charge < -0.3 is 4.90 Å². The third kappa shape index (κ3) is 3.96. The van der Waals surface area contributed by atoms with Crippen LogP contribution in [-0.4, -0.2) is 10.2 Å². The SMILES string of the molecule is O=C1Cc2ccccc2N(C2(Br)C=C(c3ccccc3)C=C(c3ccccc3)C2)c2ccccc21. The highest BCUT2D eigenvalue weighted by Gasteiger charge is 2.40. The Labute approximate surface area is 214 Å². The number of rotatable bonds is 3. The van der Waals surface area contributed by atoms with E-state index in [2.05, 4.69) is 112 Å². The minimum atomic E-state index is -0.574. The Morgan fingerprint density at radius 2 is 1.29 bits per heavy atom. The fraction of sp³-hybridized carbons (Fsp3) is 0.0938. The van der Waals surface area contributed by atoms with Crippen molar-refractivity contribution >= 4 is 44.2 Å². The topological polar surface area (TPSA) is 20.3 Å². The minimum absolute atomic E-state index is 0.147. The lowest BCUT2D eigenvalue weighted by molar-refractivity contribution is 0.0994. The normalized spacial score (nSPS) is 19.2. The van der Waals surface area contributed by atoms with Crippen LogP contribution in [0.3, 0.4) is 0 Å². The van der Waals surface area contributed by atoms with E-state index in [4.69, 9.17) is 0 Å². The molecule has 1 heterocycles. The van der Waals surface area contributed by atoms with E-state index in [0.717, 1.165) is 40.1 Å². The Morgan fingerprint density at radius 3 is 2.03 bits per heavy atom. The van der Waals surface area contributed by atoms with Gasteiger partial charge in [-0.3, -0.25) is 4.79 Å². The Kier molecular flexibility index (Phi) is 5.50. The average molecular weight is 518 g/mol. The molecule has 35 heavy (non-hydrogen) atoms. The first-order chi connectivity index (χ1) is 17.1. The van der Waals surface area contributed by atoms with Crippen LogP contribution in [0.25, 0.3) is 11.1 Å². The molecule has 0 spiro atoms. The monoisotopic (exact) mass is 517 g/mol. The first-order valence-electron chi connectivity index (χ1n) is 11.9. The van der Waals surface area contributed by atoms with Crippen LogP contribution in [0, 0.1) is 0 Å². The number of carbonyl (C=O) groups is 1. The summed E-state index contributed by atoms with van der Waals surface area (Å²) in [6.45, 7) is 0. The molecule has 0 radical (unpaired) electrons. The van der Waals surface area contributed by atoms with Crippen LogP contribution in [0.4, 0.5) is 11.4 Å². The van der Waals surface area contributed by atoms with E-state index in [1.807, 2.05) is 30.3 Å². The molecule has 0 saturated heterocycles. The molecule has 0 N–H and O–H groups in total. The van der Waals surface area contributed by atoms with E-state index in [1.54, 1.807) is 0 Å². The number of hydrogen-bond donors (Lipinski definition) is 0. The molecule has 3 heteroatoms. The van der Waals surface area contributed by atoms with Gasteiger partial charge in [0.1, 0.15) is 4.45 Å². The lowest BCUT2D eigenvalue weighted by Gasteiger charge is -2.43. The highest BCUT2D eigenvalue weighted by Crippen LogP contribution is 2.50. The molecular weight excluding hydrogens is 494 g/mol. The first-order valence-corrected chi connectivity index (χ1v) is 12.7. The minimum Gasteiger partial charge on any atom is -0.321 e. The van der Waals surface area contributed by atoms with Gasteiger partial charge in [-0.1, -0.05) is 113 Å². The largest absolute Gasteiger partial charge is 0.321 e. The van der Waals surface area contributed by atoms with E-state index in [-0.39, 0.29) is 5.78 Å².